The number of nitrogens with one attached hydrogen (secondary N) is 2. The molecule has 50 heavy (non-hydrogen) atoms. The summed E-state index contributed by atoms with van der Waals surface area (Å²) in [5, 5.41) is 27.1. The maximum Gasteiger partial charge on any atom is 0.262 e. The average molecular weight is 716 g/mol. The summed E-state index contributed by atoms with van der Waals surface area (Å²) in [4.78, 5) is 35.9. The molecule has 11 nitrogen and oxygen atoms in total. The van der Waals surface area contributed by atoms with Crippen LogP contribution in [0.2, 0.25) is 10.0 Å². The van der Waals surface area contributed by atoms with Gasteiger partial charge in [-0.1, -0.05) is 65.7 Å². The largest absolute Gasteiger partial charge is 0.481 e. The van der Waals surface area contributed by atoms with Crippen LogP contribution in [0.4, 0.5) is 0 Å². The highest BCUT2D eigenvalue weighted by Crippen LogP contribution is 2.42. The van der Waals surface area contributed by atoms with E-state index in [0.717, 1.165) is 39.8 Å². The Morgan fingerprint density at radius 2 is 1.64 bits per heavy atom. The molecule has 0 bridgehead atoms. The molecule has 3 aromatic heterocycles. The highest BCUT2D eigenvalue weighted by Gasteiger charge is 2.30. The van der Waals surface area contributed by atoms with Crippen molar-refractivity contribution in [2.45, 2.75) is 44.2 Å². The lowest BCUT2D eigenvalue weighted by molar-refractivity contribution is -0.119. The predicted molar refractivity (Wildman–Crippen MR) is 192 cm³/mol. The number of halogens is 2. The van der Waals surface area contributed by atoms with Gasteiger partial charge >= 0.3 is 0 Å². The lowest BCUT2D eigenvalue weighted by atomic mass is 9.97. The molecule has 5 heterocycles. The van der Waals surface area contributed by atoms with Crippen LogP contribution >= 0.6 is 23.2 Å². The van der Waals surface area contributed by atoms with Crippen molar-refractivity contribution in [1.29, 1.82) is 0 Å². The Bertz CT molecular complexity index is 2130. The maximum absolute atomic E-state index is 13.3. The summed E-state index contributed by atoms with van der Waals surface area (Å²) < 4.78 is 7.12. The van der Waals surface area contributed by atoms with Crippen LogP contribution in [0.15, 0.2) is 77.9 Å². The standard InChI is InChI=1S/C37H36Cl2N6O5/c1-50-36-22(15-40-17-24-9-11-33(48)42-24)8-10-29(43-36)28-7-3-6-27(35(28)39)26-5-2-4-25(34(26)38)21-12-13-45-32(14-21)41-16-23(37(45)49)18-44-19-30(46)31(47)20-44/h2-8,10,12-14,16,24,30-31,40,46-47H,9,11,15,17-20H2,1H3,(H,42,48)/t24-,30-,31+/m0/s1. The van der Waals surface area contributed by atoms with E-state index in [1.165, 1.54) is 4.40 Å². The number of aliphatic hydroxyl groups is 2. The Kier molecular flexibility index (Phi) is 9.87. The summed E-state index contributed by atoms with van der Waals surface area (Å²) >= 11 is 14.2. The zero-order chi connectivity index (χ0) is 34.9. The maximum atomic E-state index is 13.3. The molecule has 0 radical (unpaired) electrons. The molecular weight excluding hydrogens is 679 g/mol. The van der Waals surface area contributed by atoms with Gasteiger partial charge in [-0.25, -0.2) is 9.97 Å². The van der Waals surface area contributed by atoms with Crippen LogP contribution in [0.3, 0.4) is 0 Å². The topological polar surface area (TPSA) is 141 Å². The number of carbonyl (C=O) groups is 1. The van der Waals surface area contributed by atoms with Crippen LogP contribution in [0, 0.1) is 0 Å². The molecule has 2 aromatic carbocycles. The monoisotopic (exact) mass is 714 g/mol. The Morgan fingerprint density at radius 3 is 2.34 bits per heavy atom. The number of hydrogen-bond acceptors (Lipinski definition) is 9. The third-order valence-electron chi connectivity index (χ3n) is 9.31. The molecule has 5 aromatic rings. The van der Waals surface area contributed by atoms with Crippen molar-refractivity contribution in [3.8, 4) is 39.4 Å². The van der Waals surface area contributed by atoms with E-state index in [0.29, 0.717) is 65.4 Å². The number of fused-ring (bicyclic) bond motifs is 1. The van der Waals surface area contributed by atoms with E-state index in [1.54, 1.807) is 19.5 Å². The average Bonchev–Trinajstić information content (AvgIpc) is 3.68. The third kappa shape index (κ3) is 6.85. The summed E-state index contributed by atoms with van der Waals surface area (Å²) in [6.07, 6.45) is 2.96. The molecule has 2 aliphatic rings. The molecule has 7 rings (SSSR count). The molecule has 3 atom stereocenters. The fourth-order valence-electron chi connectivity index (χ4n) is 6.65. The van der Waals surface area contributed by atoms with Crippen LogP contribution in [0.1, 0.15) is 24.0 Å². The minimum atomic E-state index is -0.828. The zero-order valence-corrected chi connectivity index (χ0v) is 28.8. The second-order valence-electron chi connectivity index (χ2n) is 12.7. The molecular formula is C37H36Cl2N6O5. The molecule has 0 saturated carbocycles. The van der Waals surface area contributed by atoms with Crippen LogP contribution < -0.4 is 20.9 Å². The summed E-state index contributed by atoms with van der Waals surface area (Å²) in [7, 11) is 1.58. The van der Waals surface area contributed by atoms with Gasteiger partial charge in [0.15, 0.2) is 0 Å². The van der Waals surface area contributed by atoms with Crippen LogP contribution in [-0.4, -0.2) is 80.4 Å². The third-order valence-corrected chi connectivity index (χ3v) is 10.1. The number of nitrogens with zero attached hydrogens (tertiary/aromatic N) is 4. The van der Waals surface area contributed by atoms with E-state index >= 15 is 0 Å². The van der Waals surface area contributed by atoms with Gasteiger partial charge in [-0.2, -0.15) is 0 Å². The number of aromatic nitrogens is 3. The number of benzene rings is 2. The first-order chi connectivity index (χ1) is 24.2. The number of pyridine rings is 2. The number of methoxy groups -OCH3 is 1. The van der Waals surface area contributed by atoms with Crippen molar-refractivity contribution in [3.63, 3.8) is 0 Å². The molecule has 2 saturated heterocycles. The second-order valence-corrected chi connectivity index (χ2v) is 13.5. The molecule has 0 spiro atoms. The minimum absolute atomic E-state index is 0.0887. The Balaban J connectivity index is 1.13. The number of amides is 1. The van der Waals surface area contributed by atoms with Crippen molar-refractivity contribution in [2.24, 2.45) is 0 Å². The van der Waals surface area contributed by atoms with E-state index in [9.17, 15) is 19.8 Å². The smallest absolute Gasteiger partial charge is 0.262 e. The fraction of sp³-hybridized carbons (Fsp3) is 0.297. The van der Waals surface area contributed by atoms with Gasteiger partial charge in [0.05, 0.1) is 40.6 Å². The van der Waals surface area contributed by atoms with Crippen molar-refractivity contribution >= 4 is 34.8 Å². The lowest BCUT2D eigenvalue weighted by Crippen LogP contribution is -2.35. The van der Waals surface area contributed by atoms with Gasteiger partial charge in [-0.3, -0.25) is 18.9 Å². The highest BCUT2D eigenvalue weighted by molar-refractivity contribution is 6.39. The van der Waals surface area contributed by atoms with E-state index < -0.39 is 12.2 Å². The first-order valence-electron chi connectivity index (χ1n) is 16.4. The van der Waals surface area contributed by atoms with Crippen molar-refractivity contribution in [1.82, 2.24) is 29.9 Å². The molecule has 13 heteroatoms. The van der Waals surface area contributed by atoms with Crippen molar-refractivity contribution < 1.29 is 19.7 Å². The summed E-state index contributed by atoms with van der Waals surface area (Å²) in [5.74, 6) is 0.572. The summed E-state index contributed by atoms with van der Waals surface area (Å²) in [6, 6.07) is 19.1. The molecule has 258 valence electrons. The van der Waals surface area contributed by atoms with Crippen LogP contribution in [0.5, 0.6) is 5.88 Å². The van der Waals surface area contributed by atoms with Gasteiger partial charge in [0, 0.05) is 85.4 Å². The van der Waals surface area contributed by atoms with Gasteiger partial charge in [0.1, 0.15) is 5.65 Å². The number of carbonyl (C=O) groups excluding carboxylic acids is 1. The Labute approximate surface area is 298 Å². The highest BCUT2D eigenvalue weighted by atomic mass is 35.5. The van der Waals surface area contributed by atoms with Gasteiger partial charge in [-0.15, -0.1) is 0 Å². The molecule has 1 amide bonds. The molecule has 2 aliphatic heterocycles. The van der Waals surface area contributed by atoms with E-state index in [4.69, 9.17) is 32.9 Å². The van der Waals surface area contributed by atoms with Gasteiger partial charge in [-0.05, 0) is 30.2 Å². The molecule has 0 unspecified atom stereocenters. The SMILES string of the molecule is COc1nc(-c2cccc(-c3cccc(-c4ccn5c(=O)c(CN6C[C@@H](O)[C@@H](O)C6)cnc5c4)c3Cl)c2Cl)ccc1CNC[C@@H]1CCC(=O)N1. The van der Waals surface area contributed by atoms with Gasteiger partial charge in [0.25, 0.3) is 5.56 Å². The van der Waals surface area contributed by atoms with Gasteiger partial charge in [0.2, 0.25) is 11.8 Å². The number of aliphatic hydroxyl groups excluding tert-OH is 2. The minimum Gasteiger partial charge on any atom is -0.481 e. The Morgan fingerprint density at radius 1 is 0.940 bits per heavy atom. The lowest BCUT2D eigenvalue weighted by Gasteiger charge is -2.16. The van der Waals surface area contributed by atoms with E-state index in [-0.39, 0.29) is 24.1 Å². The second kappa shape index (κ2) is 14.5. The van der Waals surface area contributed by atoms with Crippen molar-refractivity contribution in [2.75, 3.05) is 26.7 Å². The van der Waals surface area contributed by atoms with Crippen LogP contribution in [0.25, 0.3) is 39.2 Å². The van der Waals surface area contributed by atoms with Gasteiger partial charge < -0.3 is 25.6 Å². The van der Waals surface area contributed by atoms with Crippen molar-refractivity contribution in [3.05, 3.63) is 105 Å². The summed E-state index contributed by atoms with van der Waals surface area (Å²) in [6.45, 7) is 2.07. The predicted octanol–water partition coefficient (Wildman–Crippen LogP) is 4.31. The number of ether oxygens (including phenoxy) is 1. The van der Waals surface area contributed by atoms with E-state index in [2.05, 4.69) is 15.6 Å². The normalized spacial score (nSPS) is 19.3. The number of rotatable bonds is 10. The first-order valence-corrected chi connectivity index (χ1v) is 17.2. The first kappa shape index (κ1) is 34.1. The van der Waals surface area contributed by atoms with Crippen LogP contribution in [-0.2, 0) is 17.9 Å². The number of likely N-dealkylation sites (tertiary alicyclic amines) is 1. The quantitative estimate of drug-likeness (QED) is 0.167. The molecule has 4 N–H and O–H groups in total. The fourth-order valence-corrected chi connectivity index (χ4v) is 7.31. The summed E-state index contributed by atoms with van der Waals surface area (Å²) in [5.41, 5.74) is 5.98. The molecule has 2 fully saturated rings. The number of hydrogen-bond donors (Lipinski definition) is 4. The van der Waals surface area contributed by atoms with E-state index in [1.807, 2.05) is 65.6 Å². The number of β-amino-alcohol motifs (C(OH)–C–C–N with tert-alkyl or cyclic N) is 2. The Hall–Kier alpha value is -4.36. The zero-order valence-electron chi connectivity index (χ0n) is 27.3. The molecule has 0 aliphatic carbocycles.